The number of aromatic nitrogens is 3. The summed E-state index contributed by atoms with van der Waals surface area (Å²) in [6, 6.07) is 9.23. The number of ether oxygens (including phenoxy) is 1. The van der Waals surface area contributed by atoms with Gasteiger partial charge in [-0.2, -0.15) is 5.10 Å². The quantitative estimate of drug-likeness (QED) is 0.398. The van der Waals surface area contributed by atoms with Crippen LogP contribution in [0.3, 0.4) is 0 Å². The number of aromatic amines is 1. The van der Waals surface area contributed by atoms with Gasteiger partial charge in [0, 0.05) is 37.0 Å². The third kappa shape index (κ3) is 4.20. The number of nitrogens with zero attached hydrogens (tertiary/aromatic N) is 3. The first-order valence-corrected chi connectivity index (χ1v) is 10.8. The van der Waals surface area contributed by atoms with Crippen LogP contribution < -0.4 is 5.76 Å². The van der Waals surface area contributed by atoms with Crippen molar-refractivity contribution in [1.29, 1.82) is 0 Å². The van der Waals surface area contributed by atoms with E-state index in [1.165, 1.54) is 5.56 Å². The Morgan fingerprint density at radius 1 is 1.21 bits per heavy atom. The number of aliphatic hydroxyl groups excluding tert-OH is 1. The normalized spacial score (nSPS) is 13.1. The molecule has 4 aromatic rings. The smallest absolute Gasteiger partial charge is 0.417 e. The van der Waals surface area contributed by atoms with Crippen molar-refractivity contribution in [2.45, 2.75) is 26.5 Å². The Balaban J connectivity index is 1.28. The summed E-state index contributed by atoms with van der Waals surface area (Å²) in [6.07, 6.45) is 4.54. The number of nitrogens with one attached hydrogen (secondary N) is 1. The molecule has 5 rings (SSSR count). The molecule has 0 unspecified atom stereocenters. The first-order chi connectivity index (χ1) is 16.0. The average Bonchev–Trinajstić information content (AvgIpc) is 3.51. The van der Waals surface area contributed by atoms with E-state index < -0.39 is 5.76 Å². The van der Waals surface area contributed by atoms with E-state index in [0.29, 0.717) is 36.4 Å². The molecule has 0 fully saturated rings. The summed E-state index contributed by atoms with van der Waals surface area (Å²) >= 11 is 0. The number of rotatable bonds is 8. The molecule has 0 saturated carbocycles. The second kappa shape index (κ2) is 8.68. The molecule has 3 heterocycles. The molecule has 0 aliphatic carbocycles. The van der Waals surface area contributed by atoms with Gasteiger partial charge in [0.25, 0.3) is 0 Å². The number of hydrogen-bond acceptors (Lipinski definition) is 7. The molecule has 0 radical (unpaired) electrons. The van der Waals surface area contributed by atoms with E-state index in [1.807, 2.05) is 37.4 Å². The third-order valence-electron chi connectivity index (χ3n) is 6.10. The van der Waals surface area contributed by atoms with Gasteiger partial charge in [-0.15, -0.1) is 0 Å². The molecule has 0 amide bonds. The fourth-order valence-electron chi connectivity index (χ4n) is 4.28. The lowest BCUT2D eigenvalue weighted by Crippen LogP contribution is -2.28. The van der Waals surface area contributed by atoms with Crippen LogP contribution >= 0.6 is 0 Å². The lowest BCUT2D eigenvalue weighted by atomic mass is 9.96. The molecule has 9 nitrogen and oxygen atoms in total. The predicted molar refractivity (Wildman–Crippen MR) is 120 cm³/mol. The van der Waals surface area contributed by atoms with Gasteiger partial charge in [0.2, 0.25) is 0 Å². The van der Waals surface area contributed by atoms with E-state index in [2.05, 4.69) is 15.0 Å². The van der Waals surface area contributed by atoms with Crippen LogP contribution in [0.25, 0.3) is 16.8 Å². The molecule has 2 N–H and O–H groups in total. The molecule has 0 bridgehead atoms. The Morgan fingerprint density at radius 3 is 2.94 bits per heavy atom. The lowest BCUT2D eigenvalue weighted by Gasteiger charge is -2.21. The maximum Gasteiger partial charge on any atom is 0.417 e. The second-order valence-electron chi connectivity index (χ2n) is 8.19. The molecule has 0 spiro atoms. The summed E-state index contributed by atoms with van der Waals surface area (Å²) in [5.74, 6) is -0.738. The summed E-state index contributed by atoms with van der Waals surface area (Å²) in [5, 5.41) is 14.0. The first kappa shape index (κ1) is 21.2. The molecular formula is C24H24N4O5. The minimum absolute atomic E-state index is 0.0597. The van der Waals surface area contributed by atoms with Gasteiger partial charge in [0.05, 0.1) is 29.6 Å². The molecule has 2 aromatic heterocycles. The largest absolute Gasteiger partial charge is 0.457 e. The van der Waals surface area contributed by atoms with Crippen molar-refractivity contribution < 1.29 is 19.1 Å². The number of cyclic esters (lactones) is 1. The predicted octanol–water partition coefficient (Wildman–Crippen LogP) is 2.32. The number of oxazole rings is 1. The molecule has 2 aromatic carbocycles. The molecule has 170 valence electrons. The Morgan fingerprint density at radius 2 is 2.09 bits per heavy atom. The van der Waals surface area contributed by atoms with Crippen molar-refractivity contribution in [2.24, 2.45) is 0 Å². The van der Waals surface area contributed by atoms with Gasteiger partial charge in [0.15, 0.2) is 5.58 Å². The van der Waals surface area contributed by atoms with Crippen molar-refractivity contribution in [3.63, 3.8) is 0 Å². The number of carbonyl (C=O) groups excluding carboxylic acids is 1. The maximum atomic E-state index is 11.8. The summed E-state index contributed by atoms with van der Waals surface area (Å²) in [4.78, 5) is 28.0. The molecular weight excluding hydrogens is 424 g/mol. The standard InChI is InChI=1S/C24H24N4O5/c1-15-17(2-4-19-20(15)14-32-23(19)30)6-7-27(8-9-29)12-16-11-25-28(13-16)18-3-5-22-21(10-18)26-24(31)33-22/h2-5,10-11,13,29H,6-9,12,14H2,1H3,(H,26,31). The van der Waals surface area contributed by atoms with E-state index in [1.54, 1.807) is 16.9 Å². The SMILES string of the molecule is Cc1c(CCN(CCO)Cc2cnn(-c3ccc4oc(=O)[nH]c4c3)c2)ccc2c1COC2=O. The van der Waals surface area contributed by atoms with E-state index in [4.69, 9.17) is 9.15 Å². The van der Waals surface area contributed by atoms with Crippen LogP contribution in [0.4, 0.5) is 0 Å². The minimum atomic E-state index is -0.485. The van der Waals surface area contributed by atoms with Crippen molar-refractivity contribution in [1.82, 2.24) is 19.7 Å². The van der Waals surface area contributed by atoms with Gasteiger partial charge in [-0.3, -0.25) is 9.88 Å². The van der Waals surface area contributed by atoms with E-state index in [-0.39, 0.29) is 12.6 Å². The number of hydrogen-bond donors (Lipinski definition) is 2. The van der Waals surface area contributed by atoms with Crippen LogP contribution in [0.15, 0.2) is 51.9 Å². The second-order valence-corrected chi connectivity index (χ2v) is 8.19. The zero-order valence-corrected chi connectivity index (χ0v) is 18.2. The van der Waals surface area contributed by atoms with Crippen molar-refractivity contribution in [2.75, 3.05) is 19.7 Å². The number of aliphatic hydroxyl groups is 1. The Kier molecular flexibility index (Phi) is 5.57. The number of carbonyl (C=O) groups is 1. The van der Waals surface area contributed by atoms with Crippen LogP contribution in [0.5, 0.6) is 0 Å². The maximum absolute atomic E-state index is 11.8. The van der Waals surface area contributed by atoms with Crippen molar-refractivity contribution in [3.05, 3.63) is 81.1 Å². The number of benzene rings is 2. The number of fused-ring (bicyclic) bond motifs is 2. The molecule has 33 heavy (non-hydrogen) atoms. The Hall–Kier alpha value is -3.69. The van der Waals surface area contributed by atoms with Crippen LogP contribution in [-0.4, -0.2) is 50.4 Å². The van der Waals surface area contributed by atoms with E-state index in [0.717, 1.165) is 35.3 Å². The summed E-state index contributed by atoms with van der Waals surface area (Å²) in [6.45, 7) is 4.36. The average molecular weight is 448 g/mol. The highest BCUT2D eigenvalue weighted by Gasteiger charge is 2.24. The summed E-state index contributed by atoms with van der Waals surface area (Å²) in [7, 11) is 0. The molecule has 0 saturated heterocycles. The van der Waals surface area contributed by atoms with E-state index in [9.17, 15) is 14.7 Å². The first-order valence-electron chi connectivity index (χ1n) is 10.8. The fraction of sp³-hybridized carbons (Fsp3) is 0.292. The van der Waals surface area contributed by atoms with Gasteiger partial charge in [-0.05, 0) is 48.7 Å². The van der Waals surface area contributed by atoms with Crippen LogP contribution in [0.1, 0.15) is 32.6 Å². The minimum Gasteiger partial charge on any atom is -0.457 e. The van der Waals surface area contributed by atoms with Crippen molar-refractivity contribution >= 4 is 17.1 Å². The summed E-state index contributed by atoms with van der Waals surface area (Å²) in [5.41, 5.74) is 6.85. The lowest BCUT2D eigenvalue weighted by molar-refractivity contribution is 0.0535. The number of H-pyrrole nitrogens is 1. The molecule has 9 heteroatoms. The van der Waals surface area contributed by atoms with E-state index >= 15 is 0 Å². The fourth-order valence-corrected chi connectivity index (χ4v) is 4.28. The van der Waals surface area contributed by atoms with Gasteiger partial charge < -0.3 is 14.3 Å². The third-order valence-corrected chi connectivity index (χ3v) is 6.10. The monoisotopic (exact) mass is 448 g/mol. The Bertz CT molecular complexity index is 1380. The number of esters is 1. The zero-order valence-electron chi connectivity index (χ0n) is 18.2. The van der Waals surface area contributed by atoms with Crippen LogP contribution in [-0.2, 0) is 24.3 Å². The summed E-state index contributed by atoms with van der Waals surface area (Å²) < 4.78 is 12.0. The molecule has 1 aliphatic rings. The highest BCUT2D eigenvalue weighted by atomic mass is 16.5. The van der Waals surface area contributed by atoms with Crippen molar-refractivity contribution in [3.8, 4) is 5.69 Å². The van der Waals surface area contributed by atoms with Gasteiger partial charge >= 0.3 is 11.7 Å². The zero-order chi connectivity index (χ0) is 22.9. The highest BCUT2D eigenvalue weighted by molar-refractivity contribution is 5.93. The Labute approximate surface area is 189 Å². The van der Waals surface area contributed by atoms with Gasteiger partial charge in [-0.1, -0.05) is 6.07 Å². The van der Waals surface area contributed by atoms with Crippen LogP contribution in [0, 0.1) is 6.92 Å². The topological polar surface area (TPSA) is 114 Å². The molecule has 1 aliphatic heterocycles. The highest BCUT2D eigenvalue weighted by Crippen LogP contribution is 2.26. The van der Waals surface area contributed by atoms with Gasteiger partial charge in [-0.25, -0.2) is 14.3 Å². The van der Waals surface area contributed by atoms with Gasteiger partial charge in [0.1, 0.15) is 6.61 Å². The van der Waals surface area contributed by atoms with Crippen LogP contribution in [0.2, 0.25) is 0 Å². The molecule has 0 atom stereocenters.